The van der Waals surface area contributed by atoms with Gasteiger partial charge in [0.05, 0.1) is 18.7 Å². The number of aromatic nitrogens is 1. The topological polar surface area (TPSA) is 76.3 Å². The quantitative estimate of drug-likeness (QED) is 0.932. The maximum absolute atomic E-state index is 12.9. The Hall–Kier alpha value is -2.28. The van der Waals surface area contributed by atoms with E-state index in [9.17, 15) is 14.0 Å². The number of rotatable bonds is 4. The second-order valence-corrected chi connectivity index (χ2v) is 6.54. The Labute approximate surface area is 136 Å². The van der Waals surface area contributed by atoms with Crippen molar-refractivity contribution in [1.82, 2.24) is 9.88 Å². The molecule has 1 aromatic heterocycles. The van der Waals surface area contributed by atoms with E-state index in [2.05, 4.69) is 4.98 Å². The smallest absolute Gasteiger partial charge is 0.260 e. The van der Waals surface area contributed by atoms with Crippen LogP contribution in [0.1, 0.15) is 39.1 Å². The van der Waals surface area contributed by atoms with Gasteiger partial charge in [-0.15, -0.1) is 11.3 Å². The van der Waals surface area contributed by atoms with Crippen molar-refractivity contribution in [2.75, 3.05) is 6.54 Å². The number of amides is 2. The van der Waals surface area contributed by atoms with E-state index < -0.39 is 5.91 Å². The third kappa shape index (κ3) is 3.39. The highest BCUT2D eigenvalue weighted by Crippen LogP contribution is 2.34. The van der Waals surface area contributed by atoms with Gasteiger partial charge in [0.1, 0.15) is 15.7 Å². The zero-order valence-electron chi connectivity index (χ0n) is 12.4. The highest BCUT2D eigenvalue weighted by Gasteiger charge is 2.32. The van der Waals surface area contributed by atoms with Gasteiger partial charge in [-0.05, 0) is 30.5 Å². The van der Waals surface area contributed by atoms with Crippen LogP contribution in [-0.2, 0) is 11.2 Å². The van der Waals surface area contributed by atoms with E-state index in [0.29, 0.717) is 11.4 Å². The van der Waals surface area contributed by atoms with Crippen LogP contribution in [0.2, 0.25) is 0 Å². The first-order valence-electron chi connectivity index (χ1n) is 7.34. The first kappa shape index (κ1) is 15.6. The van der Waals surface area contributed by atoms with Crippen LogP contribution in [0, 0.1) is 5.82 Å². The molecule has 1 aliphatic rings. The standard InChI is InChI=1S/C16H16FN3O2S/c17-11-5-3-10(4-6-11)8-14(21)20-7-1-2-12(20)16-19-9-13(23-16)15(18)22/h3-6,9,12H,1-2,7-8H2,(H2,18,22). The predicted molar refractivity (Wildman–Crippen MR) is 84.4 cm³/mol. The summed E-state index contributed by atoms with van der Waals surface area (Å²) in [5, 5.41) is 0.740. The highest BCUT2D eigenvalue weighted by atomic mass is 32.1. The van der Waals surface area contributed by atoms with Crippen LogP contribution in [0.5, 0.6) is 0 Å². The Bertz CT molecular complexity index is 729. The maximum atomic E-state index is 12.9. The van der Waals surface area contributed by atoms with Crippen molar-refractivity contribution >= 4 is 23.2 Å². The summed E-state index contributed by atoms with van der Waals surface area (Å²) in [4.78, 5) is 30.2. The third-order valence-electron chi connectivity index (χ3n) is 3.89. The molecule has 1 unspecified atom stereocenters. The molecule has 23 heavy (non-hydrogen) atoms. The lowest BCUT2D eigenvalue weighted by atomic mass is 10.1. The van der Waals surface area contributed by atoms with Gasteiger partial charge in [0, 0.05) is 6.54 Å². The molecule has 0 saturated carbocycles. The number of carbonyl (C=O) groups is 2. The molecule has 5 nitrogen and oxygen atoms in total. The van der Waals surface area contributed by atoms with E-state index >= 15 is 0 Å². The molecule has 0 radical (unpaired) electrons. The SMILES string of the molecule is NC(=O)c1cnc(C2CCCN2C(=O)Cc2ccc(F)cc2)s1. The van der Waals surface area contributed by atoms with Crippen LogP contribution in [0.15, 0.2) is 30.5 Å². The largest absolute Gasteiger partial charge is 0.365 e. The van der Waals surface area contributed by atoms with Crippen molar-refractivity contribution in [3.8, 4) is 0 Å². The average molecular weight is 333 g/mol. The minimum absolute atomic E-state index is 0.0186. The van der Waals surface area contributed by atoms with Crippen LogP contribution in [0.25, 0.3) is 0 Å². The molecule has 2 amide bonds. The van der Waals surface area contributed by atoms with Gasteiger partial charge in [0.2, 0.25) is 5.91 Å². The summed E-state index contributed by atoms with van der Waals surface area (Å²) >= 11 is 1.24. The minimum atomic E-state index is -0.504. The molecule has 7 heteroatoms. The second-order valence-electron chi connectivity index (χ2n) is 5.48. The zero-order chi connectivity index (χ0) is 16.4. The molecule has 1 aliphatic heterocycles. The lowest BCUT2D eigenvalue weighted by molar-refractivity contribution is -0.131. The molecule has 0 bridgehead atoms. The Morgan fingerprint density at radius 1 is 1.35 bits per heavy atom. The van der Waals surface area contributed by atoms with Gasteiger partial charge in [0.25, 0.3) is 5.91 Å². The fourth-order valence-electron chi connectivity index (χ4n) is 2.76. The summed E-state index contributed by atoms with van der Waals surface area (Å²) in [5.74, 6) is -0.840. The number of nitrogens with zero attached hydrogens (tertiary/aromatic N) is 2. The number of nitrogens with two attached hydrogens (primary N) is 1. The van der Waals surface area contributed by atoms with Crippen molar-refractivity contribution in [2.24, 2.45) is 5.73 Å². The summed E-state index contributed by atoms with van der Waals surface area (Å²) in [5.41, 5.74) is 6.03. The maximum Gasteiger partial charge on any atom is 0.260 e. The molecule has 2 aromatic rings. The number of thiazole rings is 1. The fraction of sp³-hybridized carbons (Fsp3) is 0.312. The molecular weight excluding hydrogens is 317 g/mol. The van der Waals surface area contributed by atoms with Crippen LogP contribution in [0.3, 0.4) is 0 Å². The van der Waals surface area contributed by atoms with Crippen LogP contribution in [-0.4, -0.2) is 28.2 Å². The van der Waals surface area contributed by atoms with Gasteiger partial charge in [-0.3, -0.25) is 9.59 Å². The van der Waals surface area contributed by atoms with Gasteiger partial charge in [0.15, 0.2) is 0 Å². The van der Waals surface area contributed by atoms with Gasteiger partial charge in [-0.1, -0.05) is 12.1 Å². The zero-order valence-corrected chi connectivity index (χ0v) is 13.2. The summed E-state index contributed by atoms with van der Waals surface area (Å²) in [6.45, 7) is 0.663. The van der Waals surface area contributed by atoms with E-state index in [4.69, 9.17) is 5.73 Å². The van der Waals surface area contributed by atoms with Crippen molar-refractivity contribution in [3.63, 3.8) is 0 Å². The van der Waals surface area contributed by atoms with E-state index in [-0.39, 0.29) is 24.2 Å². The van der Waals surface area contributed by atoms with E-state index in [1.807, 2.05) is 0 Å². The number of halogens is 1. The highest BCUT2D eigenvalue weighted by molar-refractivity contribution is 7.13. The van der Waals surface area contributed by atoms with Crippen LogP contribution < -0.4 is 5.73 Å². The number of primary amides is 1. The molecular formula is C16H16FN3O2S. The normalized spacial score (nSPS) is 17.4. The molecule has 2 N–H and O–H groups in total. The van der Waals surface area contributed by atoms with Crippen molar-refractivity contribution < 1.29 is 14.0 Å². The Morgan fingerprint density at radius 2 is 2.09 bits per heavy atom. The molecule has 1 fully saturated rings. The van der Waals surface area contributed by atoms with Gasteiger partial charge in [-0.25, -0.2) is 9.37 Å². The minimum Gasteiger partial charge on any atom is -0.365 e. The van der Waals surface area contributed by atoms with Gasteiger partial charge in [-0.2, -0.15) is 0 Å². The summed E-state index contributed by atoms with van der Waals surface area (Å²) < 4.78 is 12.9. The molecule has 120 valence electrons. The third-order valence-corrected chi connectivity index (χ3v) is 5.01. The first-order valence-corrected chi connectivity index (χ1v) is 8.15. The molecule has 1 atom stereocenters. The fourth-order valence-corrected chi connectivity index (χ4v) is 3.67. The van der Waals surface area contributed by atoms with Crippen LogP contribution >= 0.6 is 11.3 Å². The number of hydrogen-bond donors (Lipinski definition) is 1. The molecule has 0 spiro atoms. The molecule has 2 heterocycles. The van der Waals surface area contributed by atoms with E-state index in [1.54, 1.807) is 17.0 Å². The number of carbonyl (C=O) groups excluding carboxylic acids is 2. The van der Waals surface area contributed by atoms with Crippen LogP contribution in [0.4, 0.5) is 4.39 Å². The summed E-state index contributed by atoms with van der Waals surface area (Å²) in [7, 11) is 0. The summed E-state index contributed by atoms with van der Waals surface area (Å²) in [6.07, 6.45) is 3.40. The van der Waals surface area contributed by atoms with E-state index in [1.165, 1.54) is 29.7 Å². The van der Waals surface area contributed by atoms with Gasteiger partial charge >= 0.3 is 0 Å². The molecule has 3 rings (SSSR count). The van der Waals surface area contributed by atoms with Gasteiger partial charge < -0.3 is 10.6 Å². The molecule has 0 aliphatic carbocycles. The summed E-state index contributed by atoms with van der Waals surface area (Å²) in [6, 6.07) is 5.83. The number of hydrogen-bond acceptors (Lipinski definition) is 4. The van der Waals surface area contributed by atoms with Crippen molar-refractivity contribution in [2.45, 2.75) is 25.3 Å². The monoisotopic (exact) mass is 333 g/mol. The lowest BCUT2D eigenvalue weighted by Crippen LogP contribution is -2.31. The molecule has 1 aromatic carbocycles. The van der Waals surface area contributed by atoms with E-state index in [0.717, 1.165) is 23.4 Å². The first-order chi connectivity index (χ1) is 11.0. The number of likely N-dealkylation sites (tertiary alicyclic amines) is 1. The number of benzene rings is 1. The second kappa shape index (κ2) is 6.45. The van der Waals surface area contributed by atoms with Crippen molar-refractivity contribution in [3.05, 3.63) is 51.7 Å². The molecule has 1 saturated heterocycles. The van der Waals surface area contributed by atoms with Crippen molar-refractivity contribution in [1.29, 1.82) is 0 Å². The predicted octanol–water partition coefficient (Wildman–Crippen LogP) is 2.29. The lowest BCUT2D eigenvalue weighted by Gasteiger charge is -2.23. The Kier molecular flexibility index (Phi) is 4.38. The Balaban J connectivity index is 1.73. The average Bonchev–Trinajstić information content (AvgIpc) is 3.17. The Morgan fingerprint density at radius 3 is 2.74 bits per heavy atom.